The van der Waals surface area contributed by atoms with Crippen LogP contribution in [0.4, 0.5) is 4.39 Å². The minimum Gasteiger partial charge on any atom is -0.225 e. The minimum atomic E-state index is -0.458. The van der Waals surface area contributed by atoms with Gasteiger partial charge in [0.25, 0.3) is 0 Å². The fourth-order valence-corrected chi connectivity index (χ4v) is 1.56. The first kappa shape index (κ1) is 10.1. The Kier molecular flexibility index (Phi) is 2.69. The SMILES string of the molecule is Cc1cc(-c2ccc(Cl)cc2)cc(F)n1. The molecule has 0 radical (unpaired) electrons. The van der Waals surface area contributed by atoms with Crippen LogP contribution < -0.4 is 0 Å². The third-order valence-corrected chi connectivity index (χ3v) is 2.35. The Morgan fingerprint density at radius 3 is 2.33 bits per heavy atom. The van der Waals surface area contributed by atoms with E-state index < -0.39 is 5.95 Å². The molecule has 0 atom stereocenters. The average Bonchev–Trinajstić information content (AvgIpc) is 2.17. The molecule has 3 heteroatoms. The zero-order valence-electron chi connectivity index (χ0n) is 8.17. The zero-order valence-corrected chi connectivity index (χ0v) is 8.92. The number of pyridine rings is 1. The fourth-order valence-electron chi connectivity index (χ4n) is 1.44. The summed E-state index contributed by atoms with van der Waals surface area (Å²) in [5.41, 5.74) is 2.42. The molecule has 0 saturated heterocycles. The standard InChI is InChI=1S/C12H9ClFN/c1-8-6-10(7-12(14)15-8)9-2-4-11(13)5-3-9/h2-7H,1H3. The molecule has 0 bridgehead atoms. The molecule has 0 N–H and O–H groups in total. The normalized spacial score (nSPS) is 10.3. The van der Waals surface area contributed by atoms with Gasteiger partial charge in [0.05, 0.1) is 0 Å². The van der Waals surface area contributed by atoms with Gasteiger partial charge in [-0.2, -0.15) is 4.39 Å². The van der Waals surface area contributed by atoms with Gasteiger partial charge in [0.15, 0.2) is 0 Å². The smallest absolute Gasteiger partial charge is 0.213 e. The molecule has 1 aromatic heterocycles. The van der Waals surface area contributed by atoms with Crippen molar-refractivity contribution in [3.05, 3.63) is 53.1 Å². The lowest BCUT2D eigenvalue weighted by Gasteiger charge is -2.03. The molecule has 0 aliphatic carbocycles. The Morgan fingerprint density at radius 2 is 1.73 bits per heavy atom. The topological polar surface area (TPSA) is 12.9 Å². The van der Waals surface area contributed by atoms with Crippen molar-refractivity contribution in [1.29, 1.82) is 0 Å². The van der Waals surface area contributed by atoms with E-state index in [0.717, 1.165) is 11.1 Å². The lowest BCUT2D eigenvalue weighted by Crippen LogP contribution is -1.88. The van der Waals surface area contributed by atoms with Crippen molar-refractivity contribution in [2.75, 3.05) is 0 Å². The maximum absolute atomic E-state index is 13.1. The first-order chi connectivity index (χ1) is 7.15. The van der Waals surface area contributed by atoms with Crippen molar-refractivity contribution >= 4 is 11.6 Å². The predicted octanol–water partition coefficient (Wildman–Crippen LogP) is 3.85. The van der Waals surface area contributed by atoms with Crippen LogP contribution in [0.15, 0.2) is 36.4 Å². The van der Waals surface area contributed by atoms with E-state index in [1.54, 1.807) is 19.1 Å². The van der Waals surface area contributed by atoms with Crippen LogP contribution in [0.3, 0.4) is 0 Å². The van der Waals surface area contributed by atoms with Crippen molar-refractivity contribution in [2.24, 2.45) is 0 Å². The Morgan fingerprint density at radius 1 is 1.07 bits per heavy atom. The highest BCUT2D eigenvalue weighted by molar-refractivity contribution is 6.30. The first-order valence-electron chi connectivity index (χ1n) is 4.55. The summed E-state index contributed by atoms with van der Waals surface area (Å²) in [6, 6.07) is 10.5. The molecule has 0 aliphatic rings. The molecule has 0 unspecified atom stereocenters. The zero-order chi connectivity index (χ0) is 10.8. The number of aryl methyl sites for hydroxylation is 1. The lowest BCUT2D eigenvalue weighted by molar-refractivity contribution is 0.581. The van der Waals surface area contributed by atoms with Crippen molar-refractivity contribution < 1.29 is 4.39 Å². The van der Waals surface area contributed by atoms with E-state index in [2.05, 4.69) is 4.98 Å². The number of hydrogen-bond donors (Lipinski definition) is 0. The second-order valence-electron chi connectivity index (χ2n) is 3.33. The van der Waals surface area contributed by atoms with Crippen LogP contribution in [-0.2, 0) is 0 Å². The van der Waals surface area contributed by atoms with Gasteiger partial charge in [-0.15, -0.1) is 0 Å². The van der Waals surface area contributed by atoms with Crippen LogP contribution >= 0.6 is 11.6 Å². The Hall–Kier alpha value is -1.41. The third kappa shape index (κ3) is 2.34. The maximum atomic E-state index is 13.1. The largest absolute Gasteiger partial charge is 0.225 e. The molecule has 2 rings (SSSR count). The second-order valence-corrected chi connectivity index (χ2v) is 3.76. The van der Waals surface area contributed by atoms with Gasteiger partial charge in [-0.05, 0) is 36.2 Å². The number of benzene rings is 1. The highest BCUT2D eigenvalue weighted by Gasteiger charge is 2.01. The van der Waals surface area contributed by atoms with Crippen molar-refractivity contribution in [3.63, 3.8) is 0 Å². The summed E-state index contributed by atoms with van der Waals surface area (Å²) < 4.78 is 13.1. The van der Waals surface area contributed by atoms with E-state index in [1.165, 1.54) is 6.07 Å². The monoisotopic (exact) mass is 221 g/mol. The van der Waals surface area contributed by atoms with Crippen molar-refractivity contribution in [3.8, 4) is 11.1 Å². The quantitative estimate of drug-likeness (QED) is 0.667. The minimum absolute atomic E-state index is 0.458. The Balaban J connectivity index is 2.49. The lowest BCUT2D eigenvalue weighted by atomic mass is 10.1. The average molecular weight is 222 g/mol. The summed E-state index contributed by atoms with van der Waals surface area (Å²) in [6.45, 7) is 1.77. The molecule has 1 aromatic carbocycles. The van der Waals surface area contributed by atoms with Crippen LogP contribution in [-0.4, -0.2) is 4.98 Å². The number of aromatic nitrogens is 1. The van der Waals surface area contributed by atoms with Gasteiger partial charge in [-0.3, -0.25) is 0 Å². The van der Waals surface area contributed by atoms with Gasteiger partial charge in [0.1, 0.15) is 0 Å². The summed E-state index contributed by atoms with van der Waals surface area (Å²) in [6.07, 6.45) is 0. The molecule has 0 aliphatic heterocycles. The number of rotatable bonds is 1. The predicted molar refractivity (Wildman–Crippen MR) is 59.4 cm³/mol. The van der Waals surface area contributed by atoms with Crippen molar-refractivity contribution in [2.45, 2.75) is 6.92 Å². The fraction of sp³-hybridized carbons (Fsp3) is 0.0833. The summed E-state index contributed by atoms with van der Waals surface area (Å²) in [5.74, 6) is -0.458. The molecule has 15 heavy (non-hydrogen) atoms. The van der Waals surface area contributed by atoms with E-state index in [1.807, 2.05) is 18.2 Å². The summed E-state index contributed by atoms with van der Waals surface area (Å²) in [7, 11) is 0. The van der Waals surface area contributed by atoms with Crippen LogP contribution in [0.25, 0.3) is 11.1 Å². The molecule has 0 fully saturated rings. The molecule has 2 aromatic rings. The number of nitrogens with zero attached hydrogens (tertiary/aromatic N) is 1. The number of halogens is 2. The Labute approximate surface area is 92.5 Å². The van der Waals surface area contributed by atoms with Crippen LogP contribution in [0.1, 0.15) is 5.69 Å². The van der Waals surface area contributed by atoms with Gasteiger partial charge in [0, 0.05) is 16.8 Å². The van der Waals surface area contributed by atoms with Gasteiger partial charge in [-0.25, -0.2) is 4.98 Å². The van der Waals surface area contributed by atoms with Gasteiger partial charge in [0.2, 0.25) is 5.95 Å². The molecule has 1 nitrogen and oxygen atoms in total. The van der Waals surface area contributed by atoms with E-state index in [9.17, 15) is 4.39 Å². The van der Waals surface area contributed by atoms with Crippen molar-refractivity contribution in [1.82, 2.24) is 4.98 Å². The first-order valence-corrected chi connectivity index (χ1v) is 4.93. The molecular formula is C12H9ClFN. The van der Waals surface area contributed by atoms with Gasteiger partial charge in [-0.1, -0.05) is 23.7 Å². The summed E-state index contributed by atoms with van der Waals surface area (Å²) in [4.78, 5) is 3.68. The molecular weight excluding hydrogens is 213 g/mol. The van der Waals surface area contributed by atoms with E-state index in [0.29, 0.717) is 10.7 Å². The second kappa shape index (κ2) is 3.99. The summed E-state index contributed by atoms with van der Waals surface area (Å²) >= 11 is 5.78. The van der Waals surface area contributed by atoms with Gasteiger partial charge < -0.3 is 0 Å². The molecule has 0 spiro atoms. The third-order valence-electron chi connectivity index (χ3n) is 2.10. The van der Waals surface area contributed by atoms with Crippen LogP contribution in [0, 0.1) is 12.9 Å². The molecule has 0 amide bonds. The van der Waals surface area contributed by atoms with E-state index >= 15 is 0 Å². The maximum Gasteiger partial charge on any atom is 0.213 e. The Bertz CT molecular complexity index is 459. The summed E-state index contributed by atoms with van der Waals surface area (Å²) in [5, 5.41) is 0.671. The van der Waals surface area contributed by atoms with Crippen LogP contribution in [0.2, 0.25) is 5.02 Å². The number of hydrogen-bond acceptors (Lipinski definition) is 1. The molecule has 76 valence electrons. The van der Waals surface area contributed by atoms with E-state index in [4.69, 9.17) is 11.6 Å². The highest BCUT2D eigenvalue weighted by Crippen LogP contribution is 2.22. The molecule has 1 heterocycles. The van der Waals surface area contributed by atoms with Crippen LogP contribution in [0.5, 0.6) is 0 Å². The molecule has 0 saturated carbocycles. The highest BCUT2D eigenvalue weighted by atomic mass is 35.5. The van der Waals surface area contributed by atoms with Gasteiger partial charge >= 0.3 is 0 Å². The van der Waals surface area contributed by atoms with E-state index in [-0.39, 0.29) is 0 Å².